The van der Waals surface area contributed by atoms with Crippen LogP contribution in [0.15, 0.2) is 48.5 Å². The normalized spacial score (nSPS) is 9.71. The smallest absolute Gasteiger partial charge is 0.171 e. The van der Waals surface area contributed by atoms with Crippen LogP contribution in [0.3, 0.4) is 0 Å². The minimum Gasteiger partial charge on any atom is -0.358 e. The molecule has 0 saturated carbocycles. The fourth-order valence-electron chi connectivity index (χ4n) is 1.79. The van der Waals surface area contributed by atoms with Crippen LogP contribution in [-0.4, -0.2) is 5.11 Å². The van der Waals surface area contributed by atoms with Crippen molar-refractivity contribution in [2.24, 2.45) is 0 Å². The van der Waals surface area contributed by atoms with Crippen LogP contribution in [0.5, 0.6) is 0 Å². The molecule has 0 radical (unpaired) electrons. The van der Waals surface area contributed by atoms with Crippen LogP contribution in [0.2, 0.25) is 0 Å². The first-order chi connectivity index (χ1) is 10.2. The van der Waals surface area contributed by atoms with E-state index in [0.29, 0.717) is 23.6 Å². The minimum atomic E-state index is -0.256. The third kappa shape index (κ3) is 4.55. The van der Waals surface area contributed by atoms with E-state index in [2.05, 4.69) is 16.7 Å². The predicted molar refractivity (Wildman–Crippen MR) is 85.2 cm³/mol. The molecule has 2 N–H and O–H groups in total. The van der Waals surface area contributed by atoms with Gasteiger partial charge >= 0.3 is 0 Å². The van der Waals surface area contributed by atoms with Crippen LogP contribution in [0.4, 0.5) is 10.1 Å². The number of nitriles is 1. The largest absolute Gasteiger partial charge is 0.358 e. The molecular formula is C16H14FN3S. The molecule has 2 rings (SSSR count). The Morgan fingerprint density at radius 1 is 1.14 bits per heavy atom. The number of benzene rings is 2. The number of nitrogens with zero attached hydrogens (tertiary/aromatic N) is 1. The number of halogens is 1. The van der Waals surface area contributed by atoms with E-state index < -0.39 is 0 Å². The Kier molecular flexibility index (Phi) is 5.24. The zero-order valence-electron chi connectivity index (χ0n) is 11.3. The SMILES string of the molecule is N#CCc1ccc(NC(=S)NCc2ccccc2F)cc1. The van der Waals surface area contributed by atoms with E-state index in [0.717, 1.165) is 11.3 Å². The maximum absolute atomic E-state index is 13.5. The van der Waals surface area contributed by atoms with Crippen molar-refractivity contribution >= 4 is 23.0 Å². The fraction of sp³-hybridized carbons (Fsp3) is 0.125. The third-order valence-electron chi connectivity index (χ3n) is 2.89. The summed E-state index contributed by atoms with van der Waals surface area (Å²) in [5.74, 6) is -0.256. The van der Waals surface area contributed by atoms with E-state index >= 15 is 0 Å². The maximum Gasteiger partial charge on any atom is 0.171 e. The quantitative estimate of drug-likeness (QED) is 0.850. The Morgan fingerprint density at radius 3 is 2.52 bits per heavy atom. The topological polar surface area (TPSA) is 47.9 Å². The molecule has 3 nitrogen and oxygen atoms in total. The third-order valence-corrected chi connectivity index (χ3v) is 3.14. The minimum absolute atomic E-state index is 0.256. The summed E-state index contributed by atoms with van der Waals surface area (Å²) in [5, 5.41) is 15.0. The molecule has 0 aromatic heterocycles. The summed E-state index contributed by atoms with van der Waals surface area (Å²) in [7, 11) is 0. The van der Waals surface area contributed by atoms with E-state index in [4.69, 9.17) is 17.5 Å². The van der Waals surface area contributed by atoms with Gasteiger partial charge < -0.3 is 10.6 Å². The highest BCUT2D eigenvalue weighted by molar-refractivity contribution is 7.80. The molecule has 0 saturated heterocycles. The Balaban J connectivity index is 1.87. The first-order valence-electron chi connectivity index (χ1n) is 6.43. The number of nitrogens with one attached hydrogen (secondary N) is 2. The van der Waals surface area contributed by atoms with E-state index in [1.807, 2.05) is 24.3 Å². The second-order valence-corrected chi connectivity index (χ2v) is 4.84. The highest BCUT2D eigenvalue weighted by Gasteiger charge is 2.02. The van der Waals surface area contributed by atoms with Crippen molar-refractivity contribution in [2.75, 3.05) is 5.32 Å². The van der Waals surface area contributed by atoms with Gasteiger partial charge in [0.15, 0.2) is 5.11 Å². The van der Waals surface area contributed by atoms with Crippen molar-refractivity contribution in [3.8, 4) is 6.07 Å². The number of anilines is 1. The van der Waals surface area contributed by atoms with Crippen molar-refractivity contribution in [1.82, 2.24) is 5.32 Å². The van der Waals surface area contributed by atoms with E-state index in [9.17, 15) is 4.39 Å². The highest BCUT2D eigenvalue weighted by atomic mass is 32.1. The number of hydrogen-bond donors (Lipinski definition) is 2. The lowest BCUT2D eigenvalue weighted by atomic mass is 10.1. The second-order valence-electron chi connectivity index (χ2n) is 4.43. The number of thiocarbonyl (C=S) groups is 1. The van der Waals surface area contributed by atoms with Crippen LogP contribution in [-0.2, 0) is 13.0 Å². The second kappa shape index (κ2) is 7.36. The lowest BCUT2D eigenvalue weighted by Crippen LogP contribution is -2.28. The van der Waals surface area contributed by atoms with Gasteiger partial charge in [0.05, 0.1) is 12.5 Å². The molecule has 21 heavy (non-hydrogen) atoms. The summed E-state index contributed by atoms with van der Waals surface area (Å²) in [4.78, 5) is 0. The van der Waals surface area contributed by atoms with Gasteiger partial charge in [0.2, 0.25) is 0 Å². The van der Waals surface area contributed by atoms with Gasteiger partial charge in [-0.05, 0) is 36.0 Å². The van der Waals surface area contributed by atoms with Gasteiger partial charge in [-0.1, -0.05) is 30.3 Å². The number of rotatable bonds is 4. The molecule has 0 heterocycles. The van der Waals surface area contributed by atoms with Crippen molar-refractivity contribution in [1.29, 1.82) is 5.26 Å². The molecule has 0 unspecified atom stereocenters. The van der Waals surface area contributed by atoms with Gasteiger partial charge in [-0.3, -0.25) is 0 Å². The first kappa shape index (κ1) is 14.9. The summed E-state index contributed by atoms with van der Waals surface area (Å²) in [6, 6.07) is 16.1. The zero-order valence-corrected chi connectivity index (χ0v) is 12.1. The van der Waals surface area contributed by atoms with Gasteiger partial charge in [0, 0.05) is 17.8 Å². The molecule has 0 spiro atoms. The van der Waals surface area contributed by atoms with Gasteiger partial charge in [0.1, 0.15) is 5.82 Å². The lowest BCUT2D eigenvalue weighted by molar-refractivity contribution is 0.606. The molecule has 2 aromatic rings. The summed E-state index contributed by atoms with van der Waals surface area (Å²) in [6.45, 7) is 0.324. The van der Waals surface area contributed by atoms with E-state index in [1.165, 1.54) is 6.07 Å². The van der Waals surface area contributed by atoms with Crippen molar-refractivity contribution < 1.29 is 4.39 Å². The van der Waals surface area contributed by atoms with Gasteiger partial charge in [0.25, 0.3) is 0 Å². The molecule has 0 amide bonds. The molecule has 5 heteroatoms. The van der Waals surface area contributed by atoms with E-state index in [1.54, 1.807) is 18.2 Å². The van der Waals surface area contributed by atoms with Crippen LogP contribution < -0.4 is 10.6 Å². The summed E-state index contributed by atoms with van der Waals surface area (Å²) >= 11 is 5.17. The van der Waals surface area contributed by atoms with Crippen molar-refractivity contribution in [2.45, 2.75) is 13.0 Å². The Bertz CT molecular complexity index is 662. The fourth-order valence-corrected chi connectivity index (χ4v) is 1.98. The molecule has 0 aliphatic rings. The molecule has 2 aromatic carbocycles. The highest BCUT2D eigenvalue weighted by Crippen LogP contribution is 2.10. The molecule has 106 valence electrons. The van der Waals surface area contributed by atoms with Crippen molar-refractivity contribution in [3.05, 3.63) is 65.5 Å². The van der Waals surface area contributed by atoms with Crippen LogP contribution >= 0.6 is 12.2 Å². The average molecular weight is 299 g/mol. The Labute approximate surface area is 128 Å². The Morgan fingerprint density at radius 2 is 1.86 bits per heavy atom. The molecule has 0 fully saturated rings. The summed E-state index contributed by atoms with van der Waals surface area (Å²) in [5.41, 5.74) is 2.34. The monoisotopic (exact) mass is 299 g/mol. The van der Waals surface area contributed by atoms with Crippen LogP contribution in [0.1, 0.15) is 11.1 Å². The average Bonchev–Trinajstić information content (AvgIpc) is 2.49. The zero-order chi connectivity index (χ0) is 15.1. The predicted octanol–water partition coefficient (Wildman–Crippen LogP) is 3.38. The maximum atomic E-state index is 13.5. The lowest BCUT2D eigenvalue weighted by Gasteiger charge is -2.11. The summed E-state index contributed by atoms with van der Waals surface area (Å²) < 4.78 is 13.5. The molecule has 0 atom stereocenters. The van der Waals surface area contributed by atoms with E-state index in [-0.39, 0.29) is 5.82 Å². The van der Waals surface area contributed by atoms with Crippen LogP contribution in [0.25, 0.3) is 0 Å². The molecule has 0 bridgehead atoms. The Hall–Kier alpha value is -2.45. The van der Waals surface area contributed by atoms with Gasteiger partial charge in [-0.2, -0.15) is 5.26 Å². The first-order valence-corrected chi connectivity index (χ1v) is 6.84. The number of hydrogen-bond acceptors (Lipinski definition) is 2. The molecular weight excluding hydrogens is 285 g/mol. The van der Waals surface area contributed by atoms with Gasteiger partial charge in [-0.25, -0.2) is 4.39 Å². The molecule has 0 aliphatic carbocycles. The van der Waals surface area contributed by atoms with Crippen LogP contribution in [0, 0.1) is 17.1 Å². The summed E-state index contributed by atoms with van der Waals surface area (Å²) in [6.07, 6.45) is 0.385. The van der Waals surface area contributed by atoms with Crippen molar-refractivity contribution in [3.63, 3.8) is 0 Å². The van der Waals surface area contributed by atoms with Gasteiger partial charge in [-0.15, -0.1) is 0 Å². The standard InChI is InChI=1S/C16H14FN3S/c17-15-4-2-1-3-13(15)11-19-16(21)20-14-7-5-12(6-8-14)9-10-18/h1-8H,9,11H2,(H2,19,20,21). The molecule has 0 aliphatic heterocycles.